The van der Waals surface area contributed by atoms with Crippen molar-refractivity contribution in [1.82, 2.24) is 34.3 Å². The second kappa shape index (κ2) is 9.21. The Labute approximate surface area is 228 Å². The number of aryl methyl sites for hydroxylation is 1. The molecule has 0 aliphatic carbocycles. The summed E-state index contributed by atoms with van der Waals surface area (Å²) in [5.74, 6) is 2.26. The normalized spacial score (nSPS) is 14.1. The Kier molecular flexibility index (Phi) is 5.52. The van der Waals surface area contributed by atoms with Crippen molar-refractivity contribution in [2.75, 3.05) is 7.11 Å². The highest BCUT2D eigenvalue weighted by atomic mass is 35.5. The van der Waals surface area contributed by atoms with Gasteiger partial charge in [-0.1, -0.05) is 35.9 Å². The van der Waals surface area contributed by atoms with Gasteiger partial charge in [0, 0.05) is 23.8 Å². The van der Waals surface area contributed by atoms with E-state index in [9.17, 15) is 0 Å². The lowest BCUT2D eigenvalue weighted by atomic mass is 9.85. The van der Waals surface area contributed by atoms with Crippen LogP contribution in [0.15, 0.2) is 79.4 Å². The summed E-state index contributed by atoms with van der Waals surface area (Å²) in [6, 6.07) is 19.4. The van der Waals surface area contributed by atoms with Crippen LogP contribution >= 0.6 is 11.6 Å². The van der Waals surface area contributed by atoms with Gasteiger partial charge in [-0.3, -0.25) is 4.98 Å². The first-order chi connectivity index (χ1) is 19.1. The number of methoxy groups -OCH3 is 1. The second-order valence-electron chi connectivity index (χ2n) is 9.30. The summed E-state index contributed by atoms with van der Waals surface area (Å²) in [5, 5.41) is 10.2. The number of pyridine rings is 1. The highest BCUT2D eigenvalue weighted by Gasteiger charge is 2.38. The predicted molar refractivity (Wildman–Crippen MR) is 145 cm³/mol. The summed E-state index contributed by atoms with van der Waals surface area (Å²) in [5.41, 5.74) is 6.10. The van der Waals surface area contributed by atoms with Gasteiger partial charge in [0.05, 0.1) is 35.5 Å². The van der Waals surface area contributed by atoms with Crippen LogP contribution in [0.25, 0.3) is 11.3 Å². The number of hydrogen-bond donors (Lipinski definition) is 0. The van der Waals surface area contributed by atoms with Gasteiger partial charge in [-0.15, -0.1) is 5.10 Å². The van der Waals surface area contributed by atoms with Gasteiger partial charge in [0.15, 0.2) is 11.5 Å². The molecule has 0 fully saturated rings. The molecule has 39 heavy (non-hydrogen) atoms. The molecule has 6 aromatic rings. The van der Waals surface area contributed by atoms with Crippen molar-refractivity contribution in [3.8, 4) is 23.2 Å². The van der Waals surface area contributed by atoms with Gasteiger partial charge in [-0.25, -0.2) is 19.2 Å². The SMILES string of the molecule is COc1ccc(Cc2nc3c4c(ncn3n2)Oc2c(c(C)nn2-c2cccc(Cl)c2)[C@@H]4c2cccnc2)cc1. The van der Waals surface area contributed by atoms with Crippen molar-refractivity contribution in [2.24, 2.45) is 0 Å². The number of halogens is 1. The Hall–Kier alpha value is -4.76. The quantitative estimate of drug-likeness (QED) is 0.285. The number of aromatic nitrogens is 7. The fourth-order valence-electron chi connectivity index (χ4n) is 5.09. The molecule has 0 saturated heterocycles. The maximum Gasteiger partial charge on any atom is 0.230 e. The molecular formula is C29H22ClN7O2. The van der Waals surface area contributed by atoms with Crippen molar-refractivity contribution in [2.45, 2.75) is 19.3 Å². The van der Waals surface area contributed by atoms with Crippen molar-refractivity contribution in [1.29, 1.82) is 0 Å². The second-order valence-corrected chi connectivity index (χ2v) is 9.74. The van der Waals surface area contributed by atoms with E-state index < -0.39 is 0 Å². The molecule has 1 aliphatic rings. The zero-order chi connectivity index (χ0) is 26.5. The highest BCUT2D eigenvalue weighted by molar-refractivity contribution is 6.30. The standard InChI is InChI=1S/C29H22ClN7O2/c1-17-24-25(19-5-4-12-31-15-19)26-27-33-23(13-18-8-10-22(38-2)11-9-18)35-36(27)16-32-28(26)39-29(24)37(34-17)21-7-3-6-20(30)14-21/h3-12,14-16,25H,13H2,1-2H3/t25-/m0/s1. The Bertz CT molecular complexity index is 1830. The van der Waals surface area contributed by atoms with E-state index >= 15 is 0 Å². The average Bonchev–Trinajstić information content (AvgIpc) is 3.53. The summed E-state index contributed by atoms with van der Waals surface area (Å²) < 4.78 is 15.2. The van der Waals surface area contributed by atoms with Crippen LogP contribution in [0.3, 0.4) is 0 Å². The topological polar surface area (TPSA) is 92.3 Å². The van der Waals surface area contributed by atoms with E-state index in [-0.39, 0.29) is 5.92 Å². The van der Waals surface area contributed by atoms with E-state index in [0.29, 0.717) is 34.7 Å². The van der Waals surface area contributed by atoms with Gasteiger partial charge in [0.25, 0.3) is 0 Å². The highest BCUT2D eigenvalue weighted by Crippen LogP contribution is 2.49. The molecule has 1 atom stereocenters. The molecule has 10 heteroatoms. The Balaban J connectivity index is 1.39. The maximum absolute atomic E-state index is 6.47. The van der Waals surface area contributed by atoms with E-state index in [1.807, 2.05) is 73.8 Å². The van der Waals surface area contributed by atoms with Crippen molar-refractivity contribution in [3.05, 3.63) is 118 Å². The smallest absolute Gasteiger partial charge is 0.230 e. The molecule has 0 radical (unpaired) electrons. The van der Waals surface area contributed by atoms with Crippen LogP contribution in [-0.2, 0) is 6.42 Å². The minimum atomic E-state index is -0.264. The van der Waals surface area contributed by atoms with Gasteiger partial charge in [0.2, 0.25) is 11.8 Å². The fourth-order valence-corrected chi connectivity index (χ4v) is 5.27. The number of hydrogen-bond acceptors (Lipinski definition) is 7. The van der Waals surface area contributed by atoms with Gasteiger partial charge in [-0.2, -0.15) is 5.10 Å². The predicted octanol–water partition coefficient (Wildman–Crippen LogP) is 5.55. The van der Waals surface area contributed by atoms with Crippen LogP contribution in [0.1, 0.15) is 39.7 Å². The number of rotatable bonds is 5. The molecule has 9 nitrogen and oxygen atoms in total. The molecule has 0 amide bonds. The number of fused-ring (bicyclic) bond motifs is 4. The summed E-state index contributed by atoms with van der Waals surface area (Å²) in [6.45, 7) is 1.98. The van der Waals surface area contributed by atoms with E-state index in [1.54, 1.807) is 28.8 Å². The van der Waals surface area contributed by atoms with Crippen molar-refractivity contribution < 1.29 is 9.47 Å². The molecule has 4 aromatic heterocycles. The van der Waals surface area contributed by atoms with Crippen molar-refractivity contribution in [3.63, 3.8) is 0 Å². The molecule has 0 bridgehead atoms. The van der Waals surface area contributed by atoms with Crippen LogP contribution in [-0.4, -0.2) is 41.5 Å². The molecule has 5 heterocycles. The minimum absolute atomic E-state index is 0.264. The zero-order valence-corrected chi connectivity index (χ0v) is 21.9. The number of nitrogens with zero attached hydrogens (tertiary/aromatic N) is 7. The summed E-state index contributed by atoms with van der Waals surface area (Å²) in [7, 11) is 1.65. The van der Waals surface area contributed by atoms with Crippen LogP contribution in [0.4, 0.5) is 0 Å². The Morgan fingerprint density at radius 1 is 1.03 bits per heavy atom. The van der Waals surface area contributed by atoms with E-state index in [4.69, 9.17) is 36.3 Å². The summed E-state index contributed by atoms with van der Waals surface area (Å²) in [6.07, 6.45) is 5.82. The summed E-state index contributed by atoms with van der Waals surface area (Å²) >= 11 is 6.30. The third-order valence-corrected chi connectivity index (χ3v) is 7.09. The first-order valence-corrected chi connectivity index (χ1v) is 12.8. The van der Waals surface area contributed by atoms with Crippen LogP contribution in [0.2, 0.25) is 5.02 Å². The van der Waals surface area contributed by atoms with Crippen LogP contribution in [0.5, 0.6) is 17.5 Å². The van der Waals surface area contributed by atoms with Gasteiger partial charge >= 0.3 is 0 Å². The van der Waals surface area contributed by atoms with Crippen LogP contribution < -0.4 is 9.47 Å². The van der Waals surface area contributed by atoms with Crippen LogP contribution in [0, 0.1) is 6.92 Å². The minimum Gasteiger partial charge on any atom is -0.497 e. The molecule has 192 valence electrons. The summed E-state index contributed by atoms with van der Waals surface area (Å²) in [4.78, 5) is 14.0. The number of benzene rings is 2. The Morgan fingerprint density at radius 3 is 2.67 bits per heavy atom. The first-order valence-electron chi connectivity index (χ1n) is 12.4. The monoisotopic (exact) mass is 535 g/mol. The molecule has 0 N–H and O–H groups in total. The number of ether oxygens (including phenoxy) is 2. The van der Waals surface area contributed by atoms with Crippen molar-refractivity contribution >= 4 is 17.2 Å². The van der Waals surface area contributed by atoms with Gasteiger partial charge < -0.3 is 9.47 Å². The first kappa shape index (κ1) is 23.4. The molecule has 0 saturated carbocycles. The third kappa shape index (κ3) is 3.98. The van der Waals surface area contributed by atoms with Gasteiger partial charge in [-0.05, 0) is 54.4 Å². The Morgan fingerprint density at radius 2 is 1.90 bits per heavy atom. The zero-order valence-electron chi connectivity index (χ0n) is 21.1. The van der Waals surface area contributed by atoms with Gasteiger partial charge in [0.1, 0.15) is 12.1 Å². The molecule has 0 unspecified atom stereocenters. The average molecular weight is 536 g/mol. The van der Waals surface area contributed by atoms with E-state index in [0.717, 1.165) is 39.4 Å². The van der Waals surface area contributed by atoms with E-state index in [2.05, 4.69) is 9.97 Å². The lowest BCUT2D eigenvalue weighted by Crippen LogP contribution is -2.16. The molecule has 0 spiro atoms. The van der Waals surface area contributed by atoms with E-state index in [1.165, 1.54) is 0 Å². The maximum atomic E-state index is 6.47. The molecule has 1 aliphatic heterocycles. The lowest BCUT2D eigenvalue weighted by molar-refractivity contribution is 0.402. The molecule has 7 rings (SSSR count). The largest absolute Gasteiger partial charge is 0.497 e. The third-order valence-electron chi connectivity index (χ3n) is 6.86. The fraction of sp³-hybridized carbons (Fsp3) is 0.138. The molecule has 2 aromatic carbocycles. The lowest BCUT2D eigenvalue weighted by Gasteiger charge is -2.26. The molecular weight excluding hydrogens is 514 g/mol.